The van der Waals surface area contributed by atoms with Gasteiger partial charge in [-0.15, -0.1) is 5.10 Å². The van der Waals surface area contributed by atoms with Crippen molar-refractivity contribution in [2.45, 2.75) is 0 Å². The van der Waals surface area contributed by atoms with Crippen molar-refractivity contribution in [3.8, 4) is 5.88 Å². The highest BCUT2D eigenvalue weighted by atomic mass is 79.9. The van der Waals surface area contributed by atoms with Gasteiger partial charge in [0.1, 0.15) is 5.82 Å². The Morgan fingerprint density at radius 2 is 1.90 bits per heavy atom. The van der Waals surface area contributed by atoms with E-state index in [1.165, 1.54) is 37.5 Å². The monoisotopic (exact) mass is 459 g/mol. The quantitative estimate of drug-likeness (QED) is 0.432. The zero-order valence-corrected chi connectivity index (χ0v) is 16.8. The summed E-state index contributed by atoms with van der Waals surface area (Å²) in [7, 11) is 1.43. The Morgan fingerprint density at radius 3 is 2.55 bits per heavy atom. The highest BCUT2D eigenvalue weighted by Crippen LogP contribution is 2.17. The van der Waals surface area contributed by atoms with Crippen LogP contribution >= 0.6 is 15.9 Å². The van der Waals surface area contributed by atoms with E-state index in [1.54, 1.807) is 24.3 Å². The first-order valence-electron chi connectivity index (χ1n) is 8.37. The second-order valence-corrected chi connectivity index (χ2v) is 6.64. The lowest BCUT2D eigenvalue weighted by Gasteiger charge is -2.06. The van der Waals surface area contributed by atoms with Crippen molar-refractivity contribution in [1.82, 2.24) is 20.4 Å². The van der Waals surface area contributed by atoms with Crippen LogP contribution in [0.2, 0.25) is 0 Å². The van der Waals surface area contributed by atoms with Crippen LogP contribution in [0.15, 0.2) is 58.1 Å². The number of nitrogens with one attached hydrogen (secondary N) is 1. The van der Waals surface area contributed by atoms with Crippen molar-refractivity contribution in [3.05, 3.63) is 75.6 Å². The van der Waals surface area contributed by atoms with E-state index < -0.39 is 5.91 Å². The lowest BCUT2D eigenvalue weighted by Crippen LogP contribution is -2.21. The molecule has 1 heterocycles. The van der Waals surface area contributed by atoms with Crippen LogP contribution in [0.1, 0.15) is 26.4 Å². The number of benzene rings is 2. The highest BCUT2D eigenvalue weighted by Gasteiger charge is 2.21. The Kier molecular flexibility index (Phi) is 6.45. The number of amides is 1. The molecule has 0 atom stereocenters. The molecule has 0 spiro atoms. The van der Waals surface area contributed by atoms with Crippen molar-refractivity contribution in [1.29, 1.82) is 0 Å². The summed E-state index contributed by atoms with van der Waals surface area (Å²) in [6.45, 7) is -0.342. The molecule has 0 radical (unpaired) electrons. The number of nitrogens with zero attached hydrogens (tertiary/aromatic N) is 4. The second kappa shape index (κ2) is 9.20. The fraction of sp³-hybridized carbons (Fsp3) is 0.105. The first-order valence-corrected chi connectivity index (χ1v) is 9.16. The molecule has 3 aromatic rings. The molecule has 10 heteroatoms. The molecular weight excluding hydrogens is 445 g/mol. The number of carbonyl (C=O) groups excluding carboxylic acids is 2. The van der Waals surface area contributed by atoms with Crippen molar-refractivity contribution in [3.63, 3.8) is 0 Å². The average Bonchev–Trinajstić information content (AvgIpc) is 3.14. The number of halogens is 2. The van der Waals surface area contributed by atoms with Gasteiger partial charge in [0.25, 0.3) is 11.8 Å². The normalized spacial score (nSPS) is 10.9. The smallest absolute Gasteiger partial charge is 0.277 e. The predicted molar refractivity (Wildman–Crippen MR) is 107 cm³/mol. The van der Waals surface area contributed by atoms with Crippen molar-refractivity contribution in [2.75, 3.05) is 13.7 Å². The Balaban J connectivity index is 1.82. The van der Waals surface area contributed by atoms with Gasteiger partial charge in [-0.2, -0.15) is 5.10 Å². The first-order chi connectivity index (χ1) is 14.0. The van der Waals surface area contributed by atoms with E-state index in [1.807, 2.05) is 0 Å². The molecule has 1 amide bonds. The highest BCUT2D eigenvalue weighted by molar-refractivity contribution is 9.10. The maximum atomic E-state index is 13.0. The van der Waals surface area contributed by atoms with E-state index in [2.05, 4.69) is 36.7 Å². The van der Waals surface area contributed by atoms with Crippen molar-refractivity contribution in [2.24, 2.45) is 5.10 Å². The van der Waals surface area contributed by atoms with Gasteiger partial charge >= 0.3 is 0 Å². The second-order valence-electron chi connectivity index (χ2n) is 5.73. The molecule has 0 saturated heterocycles. The zero-order chi connectivity index (χ0) is 20.8. The zero-order valence-electron chi connectivity index (χ0n) is 15.2. The third kappa shape index (κ3) is 5.11. The summed E-state index contributed by atoms with van der Waals surface area (Å²) in [6, 6.07) is 12.4. The molecule has 148 valence electrons. The number of Topliss-reactive ketones (excluding diaryl/α,β-unsaturated/α-hetero) is 1. The maximum Gasteiger partial charge on any atom is 0.277 e. The van der Waals surface area contributed by atoms with Gasteiger partial charge in [0.2, 0.25) is 5.69 Å². The van der Waals surface area contributed by atoms with E-state index in [0.717, 1.165) is 9.26 Å². The Bertz CT molecular complexity index is 1050. The third-order valence-corrected chi connectivity index (χ3v) is 4.28. The maximum absolute atomic E-state index is 13.0. The fourth-order valence-corrected chi connectivity index (χ4v) is 2.52. The minimum Gasteiger partial charge on any atom is -0.466 e. The molecule has 3 rings (SSSR count). The number of hydrogen-bond donors (Lipinski definition) is 1. The molecule has 0 aliphatic rings. The van der Waals surface area contributed by atoms with Gasteiger partial charge in [-0.25, -0.2) is 4.39 Å². The molecule has 0 bridgehead atoms. The minimum atomic E-state index is -0.542. The lowest BCUT2D eigenvalue weighted by atomic mass is 10.1. The van der Waals surface area contributed by atoms with Gasteiger partial charge in [-0.05, 0) is 35.0 Å². The van der Waals surface area contributed by atoms with Crippen LogP contribution in [0.5, 0.6) is 5.88 Å². The largest absolute Gasteiger partial charge is 0.466 e. The van der Waals surface area contributed by atoms with Crippen LogP contribution in [0.25, 0.3) is 0 Å². The van der Waals surface area contributed by atoms with Crippen LogP contribution in [0, 0.1) is 5.82 Å². The van der Waals surface area contributed by atoms with E-state index >= 15 is 0 Å². The van der Waals surface area contributed by atoms with Crippen LogP contribution in [0.4, 0.5) is 4.39 Å². The van der Waals surface area contributed by atoms with E-state index in [0.29, 0.717) is 11.1 Å². The average molecular weight is 460 g/mol. The Morgan fingerprint density at radius 1 is 1.21 bits per heavy atom. The molecule has 0 aliphatic carbocycles. The first kappa shape index (κ1) is 20.3. The van der Waals surface area contributed by atoms with E-state index in [9.17, 15) is 14.0 Å². The van der Waals surface area contributed by atoms with Gasteiger partial charge in [0, 0.05) is 17.1 Å². The van der Waals surface area contributed by atoms with Gasteiger partial charge in [-0.3, -0.25) is 9.59 Å². The number of ether oxygens (including phenoxy) is 1. The predicted octanol–water partition coefficient (Wildman–Crippen LogP) is 2.68. The van der Waals surface area contributed by atoms with Crippen LogP contribution < -0.4 is 10.1 Å². The third-order valence-electron chi connectivity index (χ3n) is 3.75. The van der Waals surface area contributed by atoms with Gasteiger partial charge < -0.3 is 10.1 Å². The van der Waals surface area contributed by atoms with Gasteiger partial charge in [0.15, 0.2) is 12.4 Å². The molecule has 0 aliphatic heterocycles. The molecule has 0 fully saturated rings. The number of rotatable bonds is 7. The molecule has 2 aromatic carbocycles. The molecule has 0 unspecified atom stereocenters. The number of ketones is 1. The van der Waals surface area contributed by atoms with Crippen LogP contribution in [0.3, 0.4) is 0 Å². The topological polar surface area (TPSA) is 98.5 Å². The summed E-state index contributed by atoms with van der Waals surface area (Å²) in [5.74, 6) is -1.30. The molecule has 8 nitrogen and oxygen atoms in total. The number of carbonyl (C=O) groups is 2. The van der Waals surface area contributed by atoms with E-state index in [-0.39, 0.29) is 29.8 Å². The molecule has 29 heavy (non-hydrogen) atoms. The van der Waals surface area contributed by atoms with Crippen molar-refractivity contribution >= 4 is 33.8 Å². The summed E-state index contributed by atoms with van der Waals surface area (Å²) in [4.78, 5) is 25.4. The van der Waals surface area contributed by atoms with Gasteiger partial charge in [-0.1, -0.05) is 45.0 Å². The minimum absolute atomic E-state index is 0.0897. The summed E-state index contributed by atoms with van der Waals surface area (Å²) in [5, 5.41) is 14.0. The van der Waals surface area contributed by atoms with Crippen LogP contribution in [-0.4, -0.2) is 46.7 Å². The summed E-state index contributed by atoms with van der Waals surface area (Å²) < 4.78 is 19.4. The standard InChI is InChI=1S/C19H15BrFN5O3/c1-22-18(28)17-19(29-11-16(27)13-4-6-14(20)7-5-13)26(25-24-17)23-10-12-2-8-15(21)9-3-12/h2-10H,11H2,1H3,(H,22,28)/b23-10+. The summed E-state index contributed by atoms with van der Waals surface area (Å²) >= 11 is 3.30. The Labute approximate surface area is 173 Å². The van der Waals surface area contributed by atoms with E-state index in [4.69, 9.17) is 4.74 Å². The molecule has 1 N–H and O–H groups in total. The number of hydrogen-bond acceptors (Lipinski definition) is 6. The van der Waals surface area contributed by atoms with Crippen LogP contribution in [-0.2, 0) is 0 Å². The number of aromatic nitrogens is 3. The SMILES string of the molecule is CNC(=O)c1nnn(/N=C/c2ccc(F)cc2)c1OCC(=O)c1ccc(Br)cc1. The molecular formula is C19H15BrFN5O3. The summed E-state index contributed by atoms with van der Waals surface area (Å²) in [5.41, 5.74) is 0.927. The molecule has 0 saturated carbocycles. The van der Waals surface area contributed by atoms with Gasteiger partial charge in [0.05, 0.1) is 6.21 Å². The Hall–Kier alpha value is -3.40. The fourth-order valence-electron chi connectivity index (χ4n) is 2.25. The summed E-state index contributed by atoms with van der Waals surface area (Å²) in [6.07, 6.45) is 1.39. The lowest BCUT2D eigenvalue weighted by molar-refractivity contribution is 0.0898. The molecule has 1 aromatic heterocycles. The van der Waals surface area contributed by atoms with Crippen molar-refractivity contribution < 1.29 is 18.7 Å².